The summed E-state index contributed by atoms with van der Waals surface area (Å²) in [5.74, 6) is 1.68. The van der Waals surface area contributed by atoms with Crippen molar-refractivity contribution in [2.24, 2.45) is 0 Å². The van der Waals surface area contributed by atoms with Crippen molar-refractivity contribution in [2.45, 2.75) is 36.4 Å². The van der Waals surface area contributed by atoms with Gasteiger partial charge in [0, 0.05) is 23.6 Å². The van der Waals surface area contributed by atoms with Crippen LogP contribution in [0.4, 0.5) is 0 Å². The lowest BCUT2D eigenvalue weighted by atomic mass is 9.80. The molecular weight excluding hydrogens is 288 g/mol. The van der Waals surface area contributed by atoms with Crippen LogP contribution < -0.4 is 0 Å². The number of nitrogens with zero attached hydrogens (tertiary/aromatic N) is 1. The Bertz CT molecular complexity index is 507. The molecule has 1 aliphatic rings. The van der Waals surface area contributed by atoms with Gasteiger partial charge in [-0.25, -0.2) is 4.98 Å². The van der Waals surface area contributed by atoms with Crippen LogP contribution in [0.25, 0.3) is 0 Å². The third-order valence-corrected chi connectivity index (χ3v) is 4.76. The zero-order chi connectivity index (χ0) is 12.4. The van der Waals surface area contributed by atoms with Crippen LogP contribution in [0.2, 0.25) is 0 Å². The summed E-state index contributed by atoms with van der Waals surface area (Å²) in [4.78, 5) is 7.97. The number of imidazole rings is 1. The predicted molar refractivity (Wildman–Crippen MR) is 77.1 cm³/mol. The number of halogens is 1. The van der Waals surface area contributed by atoms with Crippen LogP contribution in [0.15, 0.2) is 36.7 Å². The zero-order valence-electron chi connectivity index (χ0n) is 10.3. The Labute approximate surface area is 116 Å². The van der Waals surface area contributed by atoms with Crippen molar-refractivity contribution in [1.29, 1.82) is 0 Å². The third kappa shape index (κ3) is 2.37. The predicted octanol–water partition coefficient (Wildman–Crippen LogP) is 3.84. The summed E-state index contributed by atoms with van der Waals surface area (Å²) in [6.07, 6.45) is 8.47. The maximum absolute atomic E-state index is 4.32. The summed E-state index contributed by atoms with van der Waals surface area (Å²) in [5.41, 5.74) is 3.05. The minimum Gasteiger partial charge on any atom is -0.349 e. The van der Waals surface area contributed by atoms with Gasteiger partial charge in [-0.15, -0.1) is 0 Å². The number of aryl methyl sites for hydroxylation is 1. The highest BCUT2D eigenvalue weighted by Gasteiger charge is 2.26. The Balaban J connectivity index is 1.80. The van der Waals surface area contributed by atoms with Gasteiger partial charge in [0.05, 0.1) is 0 Å². The van der Waals surface area contributed by atoms with E-state index in [0.29, 0.717) is 10.7 Å². The van der Waals surface area contributed by atoms with Gasteiger partial charge in [0.15, 0.2) is 0 Å². The summed E-state index contributed by atoms with van der Waals surface area (Å²) in [5, 5.41) is 0. The number of alkyl halides is 1. The van der Waals surface area contributed by atoms with Crippen molar-refractivity contribution < 1.29 is 0 Å². The van der Waals surface area contributed by atoms with Crippen molar-refractivity contribution in [2.75, 3.05) is 0 Å². The maximum atomic E-state index is 4.32. The largest absolute Gasteiger partial charge is 0.349 e. The van der Waals surface area contributed by atoms with Gasteiger partial charge in [0.25, 0.3) is 0 Å². The van der Waals surface area contributed by atoms with E-state index < -0.39 is 0 Å². The lowest BCUT2D eigenvalue weighted by Gasteiger charge is -2.29. The molecule has 1 aromatic carbocycles. The van der Waals surface area contributed by atoms with Crippen LogP contribution in [0.3, 0.4) is 0 Å². The van der Waals surface area contributed by atoms with E-state index in [4.69, 9.17) is 0 Å². The fourth-order valence-corrected chi connectivity index (χ4v) is 3.76. The fourth-order valence-electron chi connectivity index (χ4n) is 2.90. The Kier molecular flexibility index (Phi) is 3.50. The average molecular weight is 305 g/mol. The van der Waals surface area contributed by atoms with E-state index in [1.54, 1.807) is 0 Å². The molecular formula is C15H17BrN2. The number of benzene rings is 1. The first kappa shape index (κ1) is 12.0. The Hall–Kier alpha value is -1.09. The van der Waals surface area contributed by atoms with E-state index in [-0.39, 0.29) is 0 Å². The average Bonchev–Trinajstić information content (AvgIpc) is 2.91. The van der Waals surface area contributed by atoms with E-state index in [1.165, 1.54) is 30.4 Å². The molecule has 94 valence electrons. The van der Waals surface area contributed by atoms with E-state index in [9.17, 15) is 0 Å². The molecule has 1 N–H and O–H groups in total. The highest BCUT2D eigenvalue weighted by atomic mass is 79.9. The molecule has 0 amide bonds. The van der Waals surface area contributed by atoms with Gasteiger partial charge in [-0.2, -0.15) is 0 Å². The molecule has 0 spiro atoms. The van der Waals surface area contributed by atoms with Gasteiger partial charge in [0.2, 0.25) is 0 Å². The summed E-state index contributed by atoms with van der Waals surface area (Å²) < 4.78 is 0. The molecule has 0 saturated heterocycles. The molecule has 2 aromatic rings. The van der Waals surface area contributed by atoms with Gasteiger partial charge >= 0.3 is 0 Å². The summed E-state index contributed by atoms with van der Waals surface area (Å²) in [6.45, 7) is 0. The number of H-pyrrole nitrogens is 1. The highest BCUT2D eigenvalue weighted by Crippen LogP contribution is 2.37. The lowest BCUT2D eigenvalue weighted by Crippen LogP contribution is -2.20. The minimum absolute atomic E-state index is 0.463. The lowest BCUT2D eigenvalue weighted by molar-refractivity contribution is 0.532. The number of nitrogens with one attached hydrogen (secondary N) is 1. The van der Waals surface area contributed by atoms with Crippen molar-refractivity contribution >= 4 is 15.9 Å². The SMILES string of the molecule is BrC(Cc1ncc[nH]1)C1CCCc2ccccc21. The first-order valence-electron chi connectivity index (χ1n) is 6.54. The van der Waals surface area contributed by atoms with Crippen LogP contribution in [0.1, 0.15) is 35.7 Å². The maximum Gasteiger partial charge on any atom is 0.107 e. The topological polar surface area (TPSA) is 28.7 Å². The van der Waals surface area contributed by atoms with E-state index in [2.05, 4.69) is 50.2 Å². The summed E-state index contributed by atoms with van der Waals surface area (Å²) >= 11 is 3.87. The van der Waals surface area contributed by atoms with Gasteiger partial charge in [0.1, 0.15) is 5.82 Å². The van der Waals surface area contributed by atoms with Crippen molar-refractivity contribution in [3.8, 4) is 0 Å². The van der Waals surface area contributed by atoms with Crippen LogP contribution in [0, 0.1) is 0 Å². The van der Waals surface area contributed by atoms with Crippen molar-refractivity contribution in [1.82, 2.24) is 9.97 Å². The Morgan fingerprint density at radius 3 is 3.11 bits per heavy atom. The number of hydrogen-bond donors (Lipinski definition) is 1. The summed E-state index contributed by atoms with van der Waals surface area (Å²) in [6, 6.07) is 8.87. The molecule has 1 heterocycles. The van der Waals surface area contributed by atoms with Crippen molar-refractivity contribution in [3.05, 3.63) is 53.6 Å². The van der Waals surface area contributed by atoms with Gasteiger partial charge < -0.3 is 4.98 Å². The molecule has 18 heavy (non-hydrogen) atoms. The molecule has 2 unspecified atom stereocenters. The molecule has 2 nitrogen and oxygen atoms in total. The Morgan fingerprint density at radius 2 is 2.28 bits per heavy atom. The normalized spacial score (nSPS) is 20.4. The highest BCUT2D eigenvalue weighted by molar-refractivity contribution is 9.09. The first-order chi connectivity index (χ1) is 8.84. The quantitative estimate of drug-likeness (QED) is 0.858. The number of aromatic nitrogens is 2. The van der Waals surface area contributed by atoms with Crippen molar-refractivity contribution in [3.63, 3.8) is 0 Å². The van der Waals surface area contributed by atoms with Gasteiger partial charge in [-0.1, -0.05) is 40.2 Å². The second-order valence-corrected chi connectivity index (χ2v) is 6.13. The second kappa shape index (κ2) is 5.27. The first-order valence-corrected chi connectivity index (χ1v) is 7.46. The third-order valence-electron chi connectivity index (χ3n) is 3.80. The second-order valence-electron chi connectivity index (χ2n) is 4.95. The molecule has 3 heteroatoms. The zero-order valence-corrected chi connectivity index (χ0v) is 11.9. The van der Waals surface area contributed by atoms with E-state index >= 15 is 0 Å². The van der Waals surface area contributed by atoms with Gasteiger partial charge in [-0.05, 0) is 36.3 Å². The van der Waals surface area contributed by atoms with Crippen LogP contribution in [-0.4, -0.2) is 14.8 Å². The molecule has 0 fully saturated rings. The standard InChI is InChI=1S/C15H17BrN2/c16-14(10-15-17-8-9-18-15)13-7-3-5-11-4-1-2-6-12(11)13/h1-2,4,6,8-9,13-14H,3,5,7,10H2,(H,17,18). The molecule has 1 aromatic heterocycles. The number of aromatic amines is 1. The van der Waals surface area contributed by atoms with Gasteiger partial charge in [-0.3, -0.25) is 0 Å². The fraction of sp³-hybridized carbons (Fsp3) is 0.400. The molecule has 2 atom stereocenters. The molecule has 1 aliphatic carbocycles. The van der Waals surface area contributed by atoms with Crippen LogP contribution in [0.5, 0.6) is 0 Å². The molecule has 0 aliphatic heterocycles. The minimum atomic E-state index is 0.463. The van der Waals surface area contributed by atoms with E-state index in [1.807, 2.05) is 12.4 Å². The number of rotatable bonds is 3. The summed E-state index contributed by atoms with van der Waals surface area (Å²) in [7, 11) is 0. The molecule has 0 radical (unpaired) electrons. The van der Waals surface area contributed by atoms with Crippen LogP contribution >= 0.6 is 15.9 Å². The van der Waals surface area contributed by atoms with Crippen LogP contribution in [-0.2, 0) is 12.8 Å². The number of fused-ring (bicyclic) bond motifs is 1. The molecule has 3 rings (SSSR count). The monoisotopic (exact) mass is 304 g/mol. The number of hydrogen-bond acceptors (Lipinski definition) is 1. The van der Waals surface area contributed by atoms with E-state index in [0.717, 1.165) is 12.2 Å². The molecule has 0 bridgehead atoms. The smallest absolute Gasteiger partial charge is 0.107 e. The Morgan fingerprint density at radius 1 is 1.39 bits per heavy atom. The molecule has 0 saturated carbocycles.